The van der Waals surface area contributed by atoms with Crippen LogP contribution in [0.4, 0.5) is 0 Å². The van der Waals surface area contributed by atoms with Gasteiger partial charge in [0.25, 0.3) is 0 Å². The number of unbranched alkanes of at least 4 members (excludes halogenated alkanes) is 1. The molecule has 0 saturated heterocycles. The van der Waals surface area contributed by atoms with Gasteiger partial charge in [0, 0.05) is 19.3 Å². The molecular weight excluding hydrogens is 172 g/mol. The molecule has 0 bridgehead atoms. The summed E-state index contributed by atoms with van der Waals surface area (Å²) in [6, 6.07) is 0. The lowest BCUT2D eigenvalue weighted by Crippen LogP contribution is -2.26. The summed E-state index contributed by atoms with van der Waals surface area (Å²) in [7, 11) is 0. The van der Waals surface area contributed by atoms with E-state index in [2.05, 4.69) is 44.7 Å². The maximum atomic E-state index is 4.50. The van der Waals surface area contributed by atoms with E-state index in [0.29, 0.717) is 11.8 Å². The van der Waals surface area contributed by atoms with Crippen LogP contribution in [0, 0.1) is 11.8 Å². The van der Waals surface area contributed by atoms with Gasteiger partial charge in [-0.2, -0.15) is 5.10 Å². The molecule has 84 valence electrons. The van der Waals surface area contributed by atoms with Crippen molar-refractivity contribution in [3.05, 3.63) is 0 Å². The van der Waals surface area contributed by atoms with Crippen LogP contribution in [-0.2, 0) is 0 Å². The predicted octanol–water partition coefficient (Wildman–Crippen LogP) is 3.39. The van der Waals surface area contributed by atoms with Crippen molar-refractivity contribution in [2.24, 2.45) is 16.9 Å². The van der Waals surface area contributed by atoms with Crippen molar-refractivity contribution in [2.75, 3.05) is 13.1 Å². The maximum absolute atomic E-state index is 4.50. The number of nitrogens with zero attached hydrogens (tertiary/aromatic N) is 2. The van der Waals surface area contributed by atoms with Crippen LogP contribution in [0.5, 0.6) is 0 Å². The van der Waals surface area contributed by atoms with Gasteiger partial charge in [-0.3, -0.25) is 5.01 Å². The minimum Gasteiger partial charge on any atom is -0.297 e. The van der Waals surface area contributed by atoms with E-state index in [1.165, 1.54) is 6.42 Å². The summed E-state index contributed by atoms with van der Waals surface area (Å²) in [5.41, 5.74) is 0. The molecule has 0 radical (unpaired) electrons. The average Bonchev–Trinajstić information content (AvgIpc) is 2.02. The molecule has 0 unspecified atom stereocenters. The van der Waals surface area contributed by atoms with Gasteiger partial charge < -0.3 is 0 Å². The zero-order valence-electron chi connectivity index (χ0n) is 10.5. The molecule has 0 fully saturated rings. The molecule has 0 aromatic carbocycles. The first-order chi connectivity index (χ1) is 6.56. The molecule has 0 aliphatic heterocycles. The Hall–Kier alpha value is -0.530. The summed E-state index contributed by atoms with van der Waals surface area (Å²) in [5.74, 6) is 1.38. The smallest absolute Gasteiger partial charge is 0.0383 e. The van der Waals surface area contributed by atoms with Gasteiger partial charge in [-0.15, -0.1) is 0 Å². The number of hydrogen-bond acceptors (Lipinski definition) is 2. The summed E-state index contributed by atoms with van der Waals surface area (Å²) in [4.78, 5) is 0. The number of rotatable bonds is 7. The van der Waals surface area contributed by atoms with Crippen LogP contribution in [0.1, 0.15) is 47.5 Å². The van der Waals surface area contributed by atoms with E-state index in [9.17, 15) is 0 Å². The van der Waals surface area contributed by atoms with Crippen molar-refractivity contribution in [3.8, 4) is 0 Å². The van der Waals surface area contributed by atoms with Gasteiger partial charge in [-0.05, 0) is 18.3 Å². The monoisotopic (exact) mass is 198 g/mol. The molecule has 0 atom stereocenters. The third-order valence-corrected chi connectivity index (χ3v) is 1.81. The maximum Gasteiger partial charge on any atom is 0.0383 e. The highest BCUT2D eigenvalue weighted by Crippen LogP contribution is 2.04. The SMILES string of the molecule is CCC/C=N/N(CC(C)C)CC(C)C. The normalized spacial score (nSPS) is 11.9. The standard InChI is InChI=1S/C12H26N2/c1-6-7-8-13-14(9-11(2)3)10-12(4)5/h8,11-12H,6-7,9-10H2,1-5H3/b13-8+. The molecule has 14 heavy (non-hydrogen) atoms. The highest BCUT2D eigenvalue weighted by atomic mass is 15.4. The van der Waals surface area contributed by atoms with Crippen molar-refractivity contribution in [3.63, 3.8) is 0 Å². The van der Waals surface area contributed by atoms with E-state index in [1.807, 2.05) is 6.21 Å². The fraction of sp³-hybridized carbons (Fsp3) is 0.917. The number of hydrazone groups is 1. The van der Waals surface area contributed by atoms with Crippen LogP contribution in [0.3, 0.4) is 0 Å². The topological polar surface area (TPSA) is 15.6 Å². The number of hydrogen-bond donors (Lipinski definition) is 0. The molecule has 2 nitrogen and oxygen atoms in total. The molecule has 0 amide bonds. The Morgan fingerprint density at radius 3 is 1.93 bits per heavy atom. The zero-order chi connectivity index (χ0) is 11.0. The van der Waals surface area contributed by atoms with Gasteiger partial charge in [0.2, 0.25) is 0 Å². The molecule has 0 aromatic rings. The lowest BCUT2D eigenvalue weighted by atomic mass is 10.2. The van der Waals surface area contributed by atoms with Crippen LogP contribution < -0.4 is 0 Å². The largest absolute Gasteiger partial charge is 0.297 e. The van der Waals surface area contributed by atoms with Crippen LogP contribution in [0.25, 0.3) is 0 Å². The van der Waals surface area contributed by atoms with E-state index in [4.69, 9.17) is 0 Å². The molecule has 0 aliphatic carbocycles. The lowest BCUT2D eigenvalue weighted by Gasteiger charge is -2.22. The molecule has 0 aliphatic rings. The van der Waals surface area contributed by atoms with E-state index < -0.39 is 0 Å². The van der Waals surface area contributed by atoms with E-state index in [-0.39, 0.29) is 0 Å². The minimum absolute atomic E-state index is 0.688. The van der Waals surface area contributed by atoms with Crippen molar-refractivity contribution in [2.45, 2.75) is 47.5 Å². The van der Waals surface area contributed by atoms with Crippen molar-refractivity contribution in [1.29, 1.82) is 0 Å². The van der Waals surface area contributed by atoms with E-state index in [1.54, 1.807) is 0 Å². The Kier molecular flexibility index (Phi) is 7.54. The van der Waals surface area contributed by atoms with Crippen molar-refractivity contribution < 1.29 is 0 Å². The van der Waals surface area contributed by atoms with Crippen molar-refractivity contribution in [1.82, 2.24) is 5.01 Å². The summed E-state index contributed by atoms with van der Waals surface area (Å²) < 4.78 is 0. The summed E-state index contributed by atoms with van der Waals surface area (Å²) in [6.07, 6.45) is 4.32. The van der Waals surface area contributed by atoms with Crippen LogP contribution in [-0.4, -0.2) is 24.3 Å². The first-order valence-corrected chi connectivity index (χ1v) is 5.83. The van der Waals surface area contributed by atoms with E-state index >= 15 is 0 Å². The van der Waals surface area contributed by atoms with Crippen LogP contribution in [0.2, 0.25) is 0 Å². The molecule has 0 spiro atoms. The highest BCUT2D eigenvalue weighted by molar-refractivity contribution is 5.56. The van der Waals surface area contributed by atoms with Gasteiger partial charge in [-0.1, -0.05) is 41.0 Å². The first-order valence-electron chi connectivity index (χ1n) is 5.83. The Morgan fingerprint density at radius 1 is 1.07 bits per heavy atom. The Bertz CT molecular complexity index is 140. The molecule has 2 heteroatoms. The summed E-state index contributed by atoms with van der Waals surface area (Å²) in [5, 5.41) is 6.70. The van der Waals surface area contributed by atoms with Gasteiger partial charge in [0.05, 0.1) is 0 Å². The fourth-order valence-electron chi connectivity index (χ4n) is 1.31. The molecule has 0 saturated carbocycles. The fourth-order valence-corrected chi connectivity index (χ4v) is 1.31. The zero-order valence-corrected chi connectivity index (χ0v) is 10.5. The quantitative estimate of drug-likeness (QED) is 0.452. The molecule has 0 rings (SSSR count). The third kappa shape index (κ3) is 8.09. The van der Waals surface area contributed by atoms with Crippen molar-refractivity contribution >= 4 is 6.21 Å². The minimum atomic E-state index is 0.688. The summed E-state index contributed by atoms with van der Waals surface area (Å²) in [6.45, 7) is 13.3. The lowest BCUT2D eigenvalue weighted by molar-refractivity contribution is 0.230. The predicted molar refractivity (Wildman–Crippen MR) is 64.6 cm³/mol. The van der Waals surface area contributed by atoms with Gasteiger partial charge >= 0.3 is 0 Å². The second-order valence-electron chi connectivity index (χ2n) is 4.75. The van der Waals surface area contributed by atoms with Crippen LogP contribution in [0.15, 0.2) is 5.10 Å². The van der Waals surface area contributed by atoms with Crippen LogP contribution >= 0.6 is 0 Å². The summed E-state index contributed by atoms with van der Waals surface area (Å²) >= 11 is 0. The highest BCUT2D eigenvalue weighted by Gasteiger charge is 2.05. The first kappa shape index (κ1) is 13.5. The second kappa shape index (κ2) is 7.84. The van der Waals surface area contributed by atoms with Gasteiger partial charge in [0.1, 0.15) is 0 Å². The Labute approximate surface area is 89.4 Å². The second-order valence-corrected chi connectivity index (χ2v) is 4.75. The van der Waals surface area contributed by atoms with E-state index in [0.717, 1.165) is 19.5 Å². The third-order valence-electron chi connectivity index (χ3n) is 1.81. The Morgan fingerprint density at radius 2 is 1.57 bits per heavy atom. The Balaban J connectivity index is 3.96. The van der Waals surface area contributed by atoms with Gasteiger partial charge in [0.15, 0.2) is 0 Å². The average molecular weight is 198 g/mol. The molecule has 0 N–H and O–H groups in total. The molecule has 0 heterocycles. The molecular formula is C12H26N2. The van der Waals surface area contributed by atoms with Gasteiger partial charge in [-0.25, -0.2) is 0 Å². The molecule has 0 aromatic heterocycles.